The van der Waals surface area contributed by atoms with Gasteiger partial charge in [0.2, 0.25) is 0 Å². The number of thiol groups is 2. The van der Waals surface area contributed by atoms with Crippen molar-refractivity contribution in [3.05, 3.63) is 55.0 Å². The summed E-state index contributed by atoms with van der Waals surface area (Å²) < 4.78 is 0. The summed E-state index contributed by atoms with van der Waals surface area (Å²) in [6.45, 7) is 0. The molecule has 104 valence electrons. The quantitative estimate of drug-likeness (QED) is 0.510. The Morgan fingerprint density at radius 2 is 1.48 bits per heavy atom. The summed E-state index contributed by atoms with van der Waals surface area (Å²) in [6, 6.07) is 11.4. The number of aromatic nitrogens is 3. The molecule has 0 N–H and O–H groups in total. The molecule has 3 heterocycles. The second-order valence-corrected chi connectivity index (χ2v) is 5.07. The Labute approximate surface area is 146 Å². The van der Waals surface area contributed by atoms with Crippen molar-refractivity contribution >= 4 is 25.3 Å². The fraction of sp³-hybridized carbons (Fsp3) is 0. The summed E-state index contributed by atoms with van der Waals surface area (Å²) in [5, 5.41) is 0. The van der Waals surface area contributed by atoms with Crippen LogP contribution in [0.2, 0.25) is 0 Å². The molecule has 0 aliphatic rings. The minimum atomic E-state index is 0. The van der Waals surface area contributed by atoms with E-state index in [2.05, 4.69) is 40.2 Å². The molecular formula is C15H11N3RuS2+2. The summed E-state index contributed by atoms with van der Waals surface area (Å²) in [4.78, 5) is 14.7. The van der Waals surface area contributed by atoms with E-state index < -0.39 is 0 Å². The van der Waals surface area contributed by atoms with Crippen molar-refractivity contribution in [2.45, 2.75) is 9.79 Å². The maximum absolute atomic E-state index is 4.48. The van der Waals surface area contributed by atoms with E-state index in [0.29, 0.717) is 10.6 Å². The zero-order chi connectivity index (χ0) is 13.9. The molecule has 3 aromatic heterocycles. The minimum absolute atomic E-state index is 0. The standard InChI is InChI=1S/C15H11N3S2.Ru/c19-12-6-9-18-14(15(12)20)13-10(4-3-8-17-13)11-5-1-2-7-16-11;/h1-9,20H,(H,18,19);/q;+2. The molecule has 6 heteroatoms. The smallest absolute Gasteiger partial charge is 0.256 e. The van der Waals surface area contributed by atoms with Crippen LogP contribution in [0.25, 0.3) is 22.6 Å². The van der Waals surface area contributed by atoms with E-state index in [4.69, 9.17) is 0 Å². The zero-order valence-electron chi connectivity index (χ0n) is 10.8. The van der Waals surface area contributed by atoms with Gasteiger partial charge < -0.3 is 0 Å². The first-order chi connectivity index (χ1) is 9.77. The number of hydrogen-bond acceptors (Lipinski definition) is 5. The van der Waals surface area contributed by atoms with Gasteiger partial charge in [-0.2, -0.15) is 0 Å². The Morgan fingerprint density at radius 1 is 0.714 bits per heavy atom. The van der Waals surface area contributed by atoms with Crippen LogP contribution in [0.1, 0.15) is 0 Å². The fourth-order valence-corrected chi connectivity index (χ4v) is 2.35. The normalized spacial score (nSPS) is 10.0. The van der Waals surface area contributed by atoms with Crippen LogP contribution in [-0.4, -0.2) is 15.0 Å². The molecule has 21 heavy (non-hydrogen) atoms. The van der Waals surface area contributed by atoms with Crippen LogP contribution >= 0.6 is 25.3 Å². The molecule has 0 aromatic carbocycles. The molecule has 0 fully saturated rings. The van der Waals surface area contributed by atoms with Gasteiger partial charge in [-0.15, -0.1) is 25.3 Å². The van der Waals surface area contributed by atoms with Gasteiger partial charge in [-0.05, 0) is 30.3 Å². The van der Waals surface area contributed by atoms with Crippen LogP contribution in [0.4, 0.5) is 0 Å². The van der Waals surface area contributed by atoms with Gasteiger partial charge in [0.1, 0.15) is 5.69 Å². The van der Waals surface area contributed by atoms with E-state index in [1.807, 2.05) is 30.3 Å². The fourth-order valence-electron chi connectivity index (χ4n) is 1.94. The van der Waals surface area contributed by atoms with Crippen molar-refractivity contribution < 1.29 is 19.5 Å². The first-order valence-corrected chi connectivity index (χ1v) is 6.90. The monoisotopic (exact) mass is 399 g/mol. The first-order valence-electron chi connectivity index (χ1n) is 6.01. The number of nitrogens with zero attached hydrogens (tertiary/aromatic N) is 3. The molecule has 0 aliphatic heterocycles. The van der Waals surface area contributed by atoms with Crippen molar-refractivity contribution in [3.63, 3.8) is 0 Å². The molecule has 3 rings (SSSR count). The second kappa shape index (κ2) is 7.16. The van der Waals surface area contributed by atoms with Gasteiger partial charge in [-0.1, -0.05) is 6.07 Å². The second-order valence-electron chi connectivity index (χ2n) is 4.14. The van der Waals surface area contributed by atoms with Crippen molar-refractivity contribution in [2.24, 2.45) is 0 Å². The molecule has 0 bridgehead atoms. The Hall–Kier alpha value is -1.23. The van der Waals surface area contributed by atoms with Crippen LogP contribution in [0.15, 0.2) is 64.8 Å². The average Bonchev–Trinajstić information content (AvgIpc) is 2.51. The number of hydrogen-bond donors (Lipinski definition) is 2. The van der Waals surface area contributed by atoms with Crippen molar-refractivity contribution in [3.8, 4) is 22.6 Å². The Balaban J connectivity index is 0.00000161. The Bertz CT molecular complexity index is 751. The Morgan fingerprint density at radius 3 is 2.24 bits per heavy atom. The third-order valence-corrected chi connectivity index (χ3v) is 3.88. The maximum atomic E-state index is 4.48. The van der Waals surface area contributed by atoms with Gasteiger partial charge in [-0.3, -0.25) is 15.0 Å². The van der Waals surface area contributed by atoms with E-state index >= 15 is 0 Å². The summed E-state index contributed by atoms with van der Waals surface area (Å²) >= 11 is 8.86. The Kier molecular flexibility index (Phi) is 5.51. The van der Waals surface area contributed by atoms with Gasteiger partial charge in [0.15, 0.2) is 0 Å². The van der Waals surface area contributed by atoms with E-state index in [9.17, 15) is 0 Å². The molecule has 3 nitrogen and oxygen atoms in total. The van der Waals surface area contributed by atoms with Gasteiger partial charge >= 0.3 is 19.5 Å². The summed E-state index contributed by atoms with van der Waals surface area (Å²) in [7, 11) is 0. The molecule has 0 atom stereocenters. The zero-order valence-corrected chi connectivity index (χ0v) is 14.3. The summed E-state index contributed by atoms with van der Waals surface area (Å²) in [6.07, 6.45) is 5.20. The van der Waals surface area contributed by atoms with Gasteiger partial charge in [-0.25, -0.2) is 0 Å². The first kappa shape index (κ1) is 16.1. The average molecular weight is 398 g/mol. The van der Waals surface area contributed by atoms with Crippen LogP contribution in [-0.2, 0) is 19.5 Å². The van der Waals surface area contributed by atoms with Crippen LogP contribution in [0, 0.1) is 0 Å². The molecule has 0 amide bonds. The summed E-state index contributed by atoms with van der Waals surface area (Å²) in [5.74, 6) is 0. The van der Waals surface area contributed by atoms with Gasteiger partial charge in [0.05, 0.1) is 11.4 Å². The molecule has 0 unspecified atom stereocenters. The maximum Gasteiger partial charge on any atom is 2.00 e. The molecule has 0 radical (unpaired) electrons. The van der Waals surface area contributed by atoms with E-state index in [-0.39, 0.29) is 19.5 Å². The van der Waals surface area contributed by atoms with Gasteiger partial charge in [0.25, 0.3) is 0 Å². The summed E-state index contributed by atoms with van der Waals surface area (Å²) in [5.41, 5.74) is 3.25. The molecule has 0 aliphatic carbocycles. The predicted octanol–water partition coefficient (Wildman–Crippen LogP) is 3.78. The number of rotatable bonds is 2. The van der Waals surface area contributed by atoms with Crippen molar-refractivity contribution in [2.75, 3.05) is 0 Å². The van der Waals surface area contributed by atoms with Crippen molar-refractivity contribution in [1.82, 2.24) is 15.0 Å². The van der Waals surface area contributed by atoms with Crippen LogP contribution < -0.4 is 0 Å². The van der Waals surface area contributed by atoms with E-state index in [0.717, 1.165) is 21.8 Å². The van der Waals surface area contributed by atoms with Crippen LogP contribution in [0.3, 0.4) is 0 Å². The predicted molar refractivity (Wildman–Crippen MR) is 85.2 cm³/mol. The molecule has 3 aromatic rings. The molecule has 0 spiro atoms. The minimum Gasteiger partial charge on any atom is -0.256 e. The molecule has 0 saturated carbocycles. The largest absolute Gasteiger partial charge is 2.00 e. The molecular weight excluding hydrogens is 387 g/mol. The van der Waals surface area contributed by atoms with E-state index in [1.54, 1.807) is 24.7 Å². The van der Waals surface area contributed by atoms with Crippen molar-refractivity contribution in [1.29, 1.82) is 0 Å². The van der Waals surface area contributed by atoms with Crippen LogP contribution in [0.5, 0.6) is 0 Å². The SMILES string of the molecule is Sc1ccnc(-c2ncccc2-c2ccccn2)c1S.[Ru+2]. The van der Waals surface area contributed by atoms with E-state index in [1.165, 1.54) is 0 Å². The van der Waals surface area contributed by atoms with Gasteiger partial charge in [0, 0.05) is 33.9 Å². The topological polar surface area (TPSA) is 38.7 Å². The third kappa shape index (κ3) is 3.34. The molecule has 0 saturated heterocycles. The number of pyridine rings is 3. The third-order valence-electron chi connectivity index (χ3n) is 2.88.